The molecule has 0 spiro atoms. The first-order valence-corrected chi connectivity index (χ1v) is 5.90. The van der Waals surface area contributed by atoms with Crippen LogP contribution in [0.2, 0.25) is 0 Å². The van der Waals surface area contributed by atoms with E-state index in [4.69, 9.17) is 14.4 Å². The normalized spacial score (nSPS) is 13.9. The van der Waals surface area contributed by atoms with Crippen molar-refractivity contribution in [1.29, 1.82) is 0 Å². The van der Waals surface area contributed by atoms with Crippen molar-refractivity contribution in [1.82, 2.24) is 5.16 Å². The van der Waals surface area contributed by atoms with E-state index in [2.05, 4.69) is 10.5 Å². The van der Waals surface area contributed by atoms with Gasteiger partial charge in [0.15, 0.2) is 11.5 Å². The number of carboxylic acid groups (broad SMARTS) is 1. The number of hydrogen-bond donors (Lipinski definition) is 2. The number of carboxylic acids is 1. The molecular formula is C13H10N2O5. The molecule has 1 aromatic heterocycles. The maximum absolute atomic E-state index is 11.5. The molecule has 0 radical (unpaired) electrons. The van der Waals surface area contributed by atoms with Crippen LogP contribution in [0.5, 0.6) is 5.75 Å². The molecule has 2 heterocycles. The molecule has 1 aromatic carbocycles. The Morgan fingerprint density at radius 1 is 1.35 bits per heavy atom. The van der Waals surface area contributed by atoms with Crippen LogP contribution < -0.4 is 10.1 Å². The first-order chi connectivity index (χ1) is 9.63. The number of carbonyl (C=O) groups is 2. The molecule has 3 rings (SSSR count). The van der Waals surface area contributed by atoms with Crippen molar-refractivity contribution in [2.45, 2.75) is 6.42 Å². The number of amides is 1. The molecular weight excluding hydrogens is 264 g/mol. The van der Waals surface area contributed by atoms with Gasteiger partial charge < -0.3 is 19.7 Å². The lowest BCUT2D eigenvalue weighted by atomic mass is 10.1. The van der Waals surface area contributed by atoms with Gasteiger partial charge in [0, 0.05) is 11.6 Å². The fraction of sp³-hybridized carbons (Fsp3) is 0.154. The van der Waals surface area contributed by atoms with E-state index in [0.717, 1.165) is 0 Å². The van der Waals surface area contributed by atoms with Gasteiger partial charge in [-0.05, 0) is 18.2 Å². The van der Waals surface area contributed by atoms with Gasteiger partial charge >= 0.3 is 5.97 Å². The van der Waals surface area contributed by atoms with Gasteiger partial charge in [-0.25, -0.2) is 4.79 Å². The quantitative estimate of drug-likeness (QED) is 0.865. The van der Waals surface area contributed by atoms with Crippen LogP contribution in [0.1, 0.15) is 16.9 Å². The summed E-state index contributed by atoms with van der Waals surface area (Å²) in [5.74, 6) is -0.419. The predicted octanol–water partition coefficient (Wildman–Crippen LogP) is 1.76. The molecule has 2 N–H and O–H groups in total. The highest BCUT2D eigenvalue weighted by Crippen LogP contribution is 2.32. The Hall–Kier alpha value is -2.83. The first-order valence-electron chi connectivity index (χ1n) is 5.90. The Labute approximate surface area is 113 Å². The Balaban J connectivity index is 1.98. The molecule has 1 amide bonds. The van der Waals surface area contributed by atoms with Crippen molar-refractivity contribution in [2.75, 3.05) is 11.9 Å². The molecule has 0 unspecified atom stereocenters. The zero-order valence-corrected chi connectivity index (χ0v) is 10.3. The van der Waals surface area contributed by atoms with E-state index in [1.165, 1.54) is 6.07 Å². The van der Waals surface area contributed by atoms with Crippen LogP contribution in [0, 0.1) is 0 Å². The number of nitrogens with one attached hydrogen (secondary N) is 1. The molecule has 0 fully saturated rings. The molecule has 0 saturated carbocycles. The van der Waals surface area contributed by atoms with Crippen molar-refractivity contribution in [3.05, 3.63) is 30.0 Å². The van der Waals surface area contributed by atoms with Crippen LogP contribution in [0.4, 0.5) is 5.69 Å². The van der Waals surface area contributed by atoms with E-state index in [-0.39, 0.29) is 18.0 Å². The lowest BCUT2D eigenvalue weighted by Gasteiger charge is -2.07. The van der Waals surface area contributed by atoms with Crippen molar-refractivity contribution < 1.29 is 24.0 Å². The fourth-order valence-electron chi connectivity index (χ4n) is 1.89. The molecule has 0 aliphatic carbocycles. The molecule has 20 heavy (non-hydrogen) atoms. The van der Waals surface area contributed by atoms with E-state index in [0.29, 0.717) is 29.4 Å². The summed E-state index contributed by atoms with van der Waals surface area (Å²) in [6.45, 7) is 0.323. The number of nitrogens with zero attached hydrogens (tertiary/aromatic N) is 1. The van der Waals surface area contributed by atoms with Gasteiger partial charge in [0.1, 0.15) is 5.75 Å². The lowest BCUT2D eigenvalue weighted by Crippen LogP contribution is -2.10. The SMILES string of the molecule is O=C1CCOc2ccc(-c3cc(C(=O)O)no3)cc2N1. The number of hydrogen-bond acceptors (Lipinski definition) is 5. The maximum atomic E-state index is 11.5. The Kier molecular flexibility index (Phi) is 2.86. The summed E-state index contributed by atoms with van der Waals surface area (Å²) in [4.78, 5) is 22.2. The molecule has 7 heteroatoms. The standard InChI is InChI=1S/C13H10N2O5/c16-12-3-4-19-10-2-1-7(5-8(10)14-12)11-6-9(13(17)18)15-20-11/h1-2,5-6H,3-4H2,(H,14,16)(H,17,18). The number of benzene rings is 1. The van der Waals surface area contributed by atoms with Gasteiger partial charge in [-0.3, -0.25) is 4.79 Å². The molecule has 0 atom stereocenters. The third-order valence-electron chi connectivity index (χ3n) is 2.85. The number of aromatic nitrogens is 1. The zero-order chi connectivity index (χ0) is 14.1. The third-order valence-corrected chi connectivity index (χ3v) is 2.85. The third kappa shape index (κ3) is 2.20. The summed E-state index contributed by atoms with van der Waals surface area (Å²) in [5.41, 5.74) is 0.961. The Morgan fingerprint density at radius 2 is 2.20 bits per heavy atom. The second-order valence-electron chi connectivity index (χ2n) is 4.24. The van der Waals surface area contributed by atoms with Crippen molar-refractivity contribution in [3.63, 3.8) is 0 Å². The molecule has 1 aliphatic heterocycles. The van der Waals surface area contributed by atoms with Crippen LogP contribution in [-0.2, 0) is 4.79 Å². The molecule has 0 bridgehead atoms. The smallest absolute Gasteiger partial charge is 0.358 e. The van der Waals surface area contributed by atoms with Crippen LogP contribution in [-0.4, -0.2) is 28.7 Å². The Bertz CT molecular complexity index is 692. The highest BCUT2D eigenvalue weighted by atomic mass is 16.5. The first kappa shape index (κ1) is 12.2. The van der Waals surface area contributed by atoms with Gasteiger partial charge in [-0.1, -0.05) is 5.16 Å². The largest absolute Gasteiger partial charge is 0.491 e. The number of ether oxygens (including phenoxy) is 1. The minimum atomic E-state index is -1.16. The number of carbonyl (C=O) groups excluding carboxylic acids is 1. The predicted molar refractivity (Wildman–Crippen MR) is 67.6 cm³/mol. The highest BCUT2D eigenvalue weighted by molar-refractivity contribution is 5.94. The minimum absolute atomic E-state index is 0.135. The second kappa shape index (κ2) is 4.69. The summed E-state index contributed by atoms with van der Waals surface area (Å²) in [7, 11) is 0. The van der Waals surface area contributed by atoms with Gasteiger partial charge in [0.05, 0.1) is 18.7 Å². The number of fused-ring (bicyclic) bond motifs is 1. The van der Waals surface area contributed by atoms with Gasteiger partial charge in [-0.2, -0.15) is 0 Å². The van der Waals surface area contributed by atoms with Gasteiger partial charge in [-0.15, -0.1) is 0 Å². The number of anilines is 1. The minimum Gasteiger partial charge on any atom is -0.491 e. The van der Waals surface area contributed by atoms with Crippen molar-refractivity contribution >= 4 is 17.6 Å². The topological polar surface area (TPSA) is 102 Å². The average molecular weight is 274 g/mol. The molecule has 0 saturated heterocycles. The van der Waals surface area contributed by atoms with E-state index < -0.39 is 5.97 Å². The van der Waals surface area contributed by atoms with E-state index in [1.54, 1.807) is 18.2 Å². The van der Waals surface area contributed by atoms with E-state index in [9.17, 15) is 9.59 Å². The summed E-state index contributed by atoms with van der Waals surface area (Å²) in [6, 6.07) is 6.38. The molecule has 7 nitrogen and oxygen atoms in total. The van der Waals surface area contributed by atoms with Crippen LogP contribution >= 0.6 is 0 Å². The molecule has 2 aromatic rings. The summed E-state index contributed by atoms with van der Waals surface area (Å²) >= 11 is 0. The zero-order valence-electron chi connectivity index (χ0n) is 10.3. The lowest BCUT2D eigenvalue weighted by molar-refractivity contribution is -0.116. The Morgan fingerprint density at radius 3 is 2.95 bits per heavy atom. The number of rotatable bonds is 2. The monoisotopic (exact) mass is 274 g/mol. The summed E-state index contributed by atoms with van der Waals surface area (Å²) in [5, 5.41) is 15.0. The van der Waals surface area contributed by atoms with Crippen LogP contribution in [0.3, 0.4) is 0 Å². The second-order valence-corrected chi connectivity index (χ2v) is 4.24. The van der Waals surface area contributed by atoms with Crippen LogP contribution in [0.25, 0.3) is 11.3 Å². The summed E-state index contributed by atoms with van der Waals surface area (Å²) < 4.78 is 10.4. The van der Waals surface area contributed by atoms with Gasteiger partial charge in [0.25, 0.3) is 0 Å². The highest BCUT2D eigenvalue weighted by Gasteiger charge is 2.17. The maximum Gasteiger partial charge on any atom is 0.358 e. The van der Waals surface area contributed by atoms with Crippen LogP contribution in [0.15, 0.2) is 28.8 Å². The molecule has 1 aliphatic rings. The molecule has 102 valence electrons. The number of aromatic carboxylic acids is 1. The summed E-state index contributed by atoms with van der Waals surface area (Å²) in [6.07, 6.45) is 0.287. The fourth-order valence-corrected chi connectivity index (χ4v) is 1.89. The van der Waals surface area contributed by atoms with Crippen molar-refractivity contribution in [3.8, 4) is 17.1 Å². The van der Waals surface area contributed by atoms with Crippen molar-refractivity contribution in [2.24, 2.45) is 0 Å². The van der Waals surface area contributed by atoms with E-state index in [1.807, 2.05) is 0 Å². The van der Waals surface area contributed by atoms with E-state index >= 15 is 0 Å². The van der Waals surface area contributed by atoms with Gasteiger partial charge in [0.2, 0.25) is 5.91 Å². The average Bonchev–Trinajstić information content (AvgIpc) is 2.83.